The average Bonchev–Trinajstić information content (AvgIpc) is 2.27. The van der Waals surface area contributed by atoms with Crippen LogP contribution in [-0.2, 0) is 9.53 Å². The first-order valence-electron chi connectivity index (χ1n) is 5.71. The number of amides is 1. The normalized spacial score (nSPS) is 13.3. The highest BCUT2D eigenvalue weighted by atomic mass is 35.5. The van der Waals surface area contributed by atoms with Gasteiger partial charge in [0, 0.05) is 25.3 Å². The molecule has 3 N–H and O–H groups in total. The van der Waals surface area contributed by atoms with Gasteiger partial charge in [-0.3, -0.25) is 4.79 Å². The van der Waals surface area contributed by atoms with Crippen molar-refractivity contribution in [1.82, 2.24) is 0 Å². The van der Waals surface area contributed by atoms with Crippen molar-refractivity contribution in [2.24, 2.45) is 5.73 Å². The minimum atomic E-state index is -0.129. The van der Waals surface area contributed by atoms with Gasteiger partial charge in [0.1, 0.15) is 0 Å². The van der Waals surface area contributed by atoms with Crippen LogP contribution in [0, 0.1) is 0 Å². The number of nitrogens with one attached hydrogen (secondary N) is 1. The molecule has 0 aliphatic carbocycles. The SMILES string of the molecule is COC(C)c1cccc(NC(=O)CC(C)N)c1.Cl. The maximum Gasteiger partial charge on any atom is 0.225 e. The van der Waals surface area contributed by atoms with E-state index in [1.54, 1.807) is 7.11 Å². The quantitative estimate of drug-likeness (QED) is 0.866. The molecule has 18 heavy (non-hydrogen) atoms. The first kappa shape index (κ1) is 16.9. The Morgan fingerprint density at radius 3 is 2.67 bits per heavy atom. The monoisotopic (exact) mass is 272 g/mol. The van der Waals surface area contributed by atoms with E-state index in [-0.39, 0.29) is 30.5 Å². The Kier molecular flexibility index (Phi) is 7.59. The summed E-state index contributed by atoms with van der Waals surface area (Å²) in [4.78, 5) is 11.6. The minimum Gasteiger partial charge on any atom is -0.377 e. The van der Waals surface area contributed by atoms with Crippen LogP contribution < -0.4 is 11.1 Å². The molecule has 1 aromatic rings. The third-order valence-electron chi connectivity index (χ3n) is 2.50. The molecule has 2 unspecified atom stereocenters. The van der Waals surface area contributed by atoms with E-state index in [4.69, 9.17) is 10.5 Å². The molecule has 1 rings (SSSR count). The summed E-state index contributed by atoms with van der Waals surface area (Å²) in [6, 6.07) is 7.50. The zero-order valence-electron chi connectivity index (χ0n) is 11.0. The molecule has 5 heteroatoms. The van der Waals surface area contributed by atoms with E-state index < -0.39 is 0 Å². The van der Waals surface area contributed by atoms with Crippen molar-refractivity contribution in [3.05, 3.63) is 29.8 Å². The number of ether oxygens (including phenoxy) is 1. The van der Waals surface area contributed by atoms with Gasteiger partial charge in [-0.2, -0.15) is 0 Å². The van der Waals surface area contributed by atoms with Crippen LogP contribution in [0.2, 0.25) is 0 Å². The van der Waals surface area contributed by atoms with Gasteiger partial charge in [0.05, 0.1) is 6.10 Å². The zero-order valence-corrected chi connectivity index (χ0v) is 11.8. The van der Waals surface area contributed by atoms with E-state index in [2.05, 4.69) is 5.32 Å². The lowest BCUT2D eigenvalue weighted by Gasteiger charge is -2.12. The molecule has 0 aromatic heterocycles. The number of carbonyl (C=O) groups is 1. The Morgan fingerprint density at radius 2 is 2.11 bits per heavy atom. The number of methoxy groups -OCH3 is 1. The number of anilines is 1. The van der Waals surface area contributed by atoms with Crippen molar-refractivity contribution in [1.29, 1.82) is 0 Å². The van der Waals surface area contributed by atoms with Crippen LogP contribution in [0.25, 0.3) is 0 Å². The molecule has 0 aliphatic heterocycles. The van der Waals surface area contributed by atoms with E-state index in [9.17, 15) is 4.79 Å². The molecule has 102 valence electrons. The van der Waals surface area contributed by atoms with Crippen molar-refractivity contribution < 1.29 is 9.53 Å². The van der Waals surface area contributed by atoms with Crippen LogP contribution in [0.5, 0.6) is 0 Å². The van der Waals surface area contributed by atoms with Gasteiger partial charge in [-0.15, -0.1) is 12.4 Å². The fourth-order valence-corrected chi connectivity index (χ4v) is 1.51. The lowest BCUT2D eigenvalue weighted by molar-refractivity contribution is -0.116. The van der Waals surface area contributed by atoms with Crippen LogP contribution in [0.15, 0.2) is 24.3 Å². The molecule has 0 radical (unpaired) electrons. The average molecular weight is 273 g/mol. The third-order valence-corrected chi connectivity index (χ3v) is 2.50. The van der Waals surface area contributed by atoms with Gasteiger partial charge >= 0.3 is 0 Å². The number of rotatable bonds is 5. The van der Waals surface area contributed by atoms with Gasteiger partial charge in [0.2, 0.25) is 5.91 Å². The molecule has 0 heterocycles. The smallest absolute Gasteiger partial charge is 0.225 e. The molecule has 0 saturated heterocycles. The second kappa shape index (κ2) is 8.08. The maximum absolute atomic E-state index is 11.6. The largest absolute Gasteiger partial charge is 0.377 e. The van der Waals surface area contributed by atoms with Gasteiger partial charge in [0.15, 0.2) is 0 Å². The molecule has 0 bridgehead atoms. The van der Waals surface area contributed by atoms with Gasteiger partial charge in [0.25, 0.3) is 0 Å². The Morgan fingerprint density at radius 1 is 1.44 bits per heavy atom. The van der Waals surface area contributed by atoms with Crippen LogP contribution in [-0.4, -0.2) is 19.1 Å². The van der Waals surface area contributed by atoms with Crippen LogP contribution in [0.1, 0.15) is 31.9 Å². The highest BCUT2D eigenvalue weighted by Crippen LogP contribution is 2.19. The number of hydrogen-bond acceptors (Lipinski definition) is 3. The summed E-state index contributed by atoms with van der Waals surface area (Å²) in [5.41, 5.74) is 7.37. The predicted octanol–water partition coefficient (Wildman–Crippen LogP) is 2.49. The predicted molar refractivity (Wildman–Crippen MR) is 76.0 cm³/mol. The molecule has 0 aliphatic rings. The summed E-state index contributed by atoms with van der Waals surface area (Å²) in [7, 11) is 1.66. The van der Waals surface area contributed by atoms with E-state index in [0.29, 0.717) is 6.42 Å². The molecular formula is C13H21ClN2O2. The fraction of sp³-hybridized carbons (Fsp3) is 0.462. The molecule has 4 nitrogen and oxygen atoms in total. The number of carbonyl (C=O) groups excluding carboxylic acids is 1. The van der Waals surface area contributed by atoms with Gasteiger partial charge < -0.3 is 15.8 Å². The van der Waals surface area contributed by atoms with Crippen molar-refractivity contribution in [2.75, 3.05) is 12.4 Å². The Labute approximate surface area is 114 Å². The minimum absolute atomic E-state index is 0. The first-order chi connectivity index (χ1) is 8.02. The fourth-order valence-electron chi connectivity index (χ4n) is 1.51. The lowest BCUT2D eigenvalue weighted by atomic mass is 10.1. The van der Waals surface area contributed by atoms with Gasteiger partial charge in [-0.05, 0) is 31.5 Å². The van der Waals surface area contributed by atoms with Crippen molar-refractivity contribution in [3.63, 3.8) is 0 Å². The van der Waals surface area contributed by atoms with E-state index in [1.807, 2.05) is 38.1 Å². The summed E-state index contributed by atoms with van der Waals surface area (Å²) < 4.78 is 5.23. The second-order valence-electron chi connectivity index (χ2n) is 4.23. The lowest BCUT2D eigenvalue weighted by Crippen LogP contribution is -2.24. The van der Waals surface area contributed by atoms with Crippen molar-refractivity contribution in [2.45, 2.75) is 32.4 Å². The number of benzene rings is 1. The van der Waals surface area contributed by atoms with E-state index >= 15 is 0 Å². The summed E-state index contributed by atoms with van der Waals surface area (Å²) in [6.45, 7) is 3.77. The summed E-state index contributed by atoms with van der Waals surface area (Å²) >= 11 is 0. The number of halogens is 1. The summed E-state index contributed by atoms with van der Waals surface area (Å²) in [5, 5.41) is 2.82. The highest BCUT2D eigenvalue weighted by molar-refractivity contribution is 5.91. The Balaban J connectivity index is 0.00000289. The van der Waals surface area contributed by atoms with Crippen LogP contribution >= 0.6 is 12.4 Å². The summed E-state index contributed by atoms with van der Waals surface area (Å²) in [6.07, 6.45) is 0.338. The van der Waals surface area contributed by atoms with Crippen LogP contribution in [0.3, 0.4) is 0 Å². The molecular weight excluding hydrogens is 252 g/mol. The molecule has 0 fully saturated rings. The standard InChI is InChI=1S/C13H20N2O2.ClH/c1-9(14)7-13(16)15-12-6-4-5-11(8-12)10(2)17-3;/h4-6,8-10H,7,14H2,1-3H3,(H,15,16);1H. The van der Waals surface area contributed by atoms with Gasteiger partial charge in [-0.1, -0.05) is 12.1 Å². The highest BCUT2D eigenvalue weighted by Gasteiger charge is 2.07. The van der Waals surface area contributed by atoms with E-state index in [0.717, 1.165) is 11.3 Å². The Bertz CT molecular complexity index is 383. The zero-order chi connectivity index (χ0) is 12.8. The van der Waals surface area contributed by atoms with Crippen LogP contribution in [0.4, 0.5) is 5.69 Å². The third kappa shape index (κ3) is 5.49. The van der Waals surface area contributed by atoms with Gasteiger partial charge in [-0.25, -0.2) is 0 Å². The second-order valence-corrected chi connectivity index (χ2v) is 4.23. The number of hydrogen-bond donors (Lipinski definition) is 2. The Hall–Kier alpha value is -1.10. The first-order valence-corrected chi connectivity index (χ1v) is 5.71. The molecule has 1 amide bonds. The van der Waals surface area contributed by atoms with Crippen molar-refractivity contribution in [3.8, 4) is 0 Å². The number of nitrogens with two attached hydrogens (primary N) is 1. The topological polar surface area (TPSA) is 64.3 Å². The molecule has 0 saturated carbocycles. The molecule has 2 atom stereocenters. The molecule has 1 aromatic carbocycles. The van der Waals surface area contributed by atoms with E-state index in [1.165, 1.54) is 0 Å². The molecule has 0 spiro atoms. The van der Waals surface area contributed by atoms with Crippen molar-refractivity contribution >= 4 is 24.0 Å². The summed E-state index contributed by atoms with van der Waals surface area (Å²) in [5.74, 6) is -0.0674. The maximum atomic E-state index is 11.6.